The molecule has 1 aromatic carbocycles. The van der Waals surface area contributed by atoms with Crippen LogP contribution in [0.25, 0.3) is 0 Å². The lowest BCUT2D eigenvalue weighted by Crippen LogP contribution is -1.82. The summed E-state index contributed by atoms with van der Waals surface area (Å²) in [5.41, 5.74) is 0. The van der Waals surface area contributed by atoms with Crippen LogP contribution in [0.15, 0.2) is 22.7 Å². The molecule has 1 N–H and O–H groups in total. The van der Waals surface area contributed by atoms with Crippen molar-refractivity contribution in [2.75, 3.05) is 0 Å². The van der Waals surface area contributed by atoms with Crippen LogP contribution >= 0.6 is 15.9 Å². The van der Waals surface area contributed by atoms with Crippen molar-refractivity contribution >= 4 is 15.9 Å². The highest BCUT2D eigenvalue weighted by Gasteiger charge is 1.97. The van der Waals surface area contributed by atoms with E-state index in [1.54, 1.807) is 6.07 Å². The molecule has 0 aliphatic heterocycles. The van der Waals surface area contributed by atoms with Crippen LogP contribution in [0.5, 0.6) is 11.5 Å². The molecule has 0 amide bonds. The molecule has 0 aliphatic carbocycles. The highest BCUT2D eigenvalue weighted by Crippen LogP contribution is 2.24. The number of hydrogen-bond acceptors (Lipinski definition) is 2. The van der Waals surface area contributed by atoms with Crippen molar-refractivity contribution in [3.63, 3.8) is 0 Å². The third-order valence-corrected chi connectivity index (χ3v) is 2.73. The Morgan fingerprint density at radius 2 is 0.968 bits per heavy atom. The lowest BCUT2D eigenvalue weighted by molar-refractivity contribution is 0.464. The number of ether oxygens (including phenoxy) is 1. The molecule has 0 saturated heterocycles. The van der Waals surface area contributed by atoms with Crippen LogP contribution in [0, 0.1) is 131 Å². The number of benzene rings is 1. The minimum absolute atomic E-state index is 0.0583. The van der Waals surface area contributed by atoms with E-state index in [0.29, 0.717) is 10.2 Å². The minimum Gasteiger partial charge on any atom is -0.508 e. The van der Waals surface area contributed by atoms with Gasteiger partial charge in [-0.1, -0.05) is 15.9 Å². The summed E-state index contributed by atoms with van der Waals surface area (Å²) in [6.45, 7) is 0. The fourth-order valence-electron chi connectivity index (χ4n) is 1.28. The first-order valence-electron chi connectivity index (χ1n) is 7.84. The Morgan fingerprint density at radius 1 is 0.581 bits per heavy atom. The van der Waals surface area contributed by atoms with Gasteiger partial charge in [-0.2, -0.15) is 0 Å². The van der Waals surface area contributed by atoms with Crippen molar-refractivity contribution < 1.29 is 9.84 Å². The van der Waals surface area contributed by atoms with Gasteiger partial charge >= 0.3 is 0 Å². The van der Waals surface area contributed by atoms with E-state index in [1.807, 2.05) is 0 Å². The Morgan fingerprint density at radius 3 is 1.35 bits per heavy atom. The zero-order valence-electron chi connectivity index (χ0n) is 15.5. The van der Waals surface area contributed by atoms with Crippen LogP contribution in [0.3, 0.4) is 0 Å². The molecule has 0 fully saturated rings. The molecule has 0 spiro atoms. The largest absolute Gasteiger partial charge is 0.508 e. The Kier molecular flexibility index (Phi) is 12.6. The summed E-state index contributed by atoms with van der Waals surface area (Å²) >= 11 is 3.23. The van der Waals surface area contributed by atoms with Gasteiger partial charge in [-0.05, 0) is 59.5 Å². The van der Waals surface area contributed by atoms with E-state index in [4.69, 9.17) is 11.2 Å². The van der Waals surface area contributed by atoms with Gasteiger partial charge in [0.15, 0.2) is 0 Å². The van der Waals surface area contributed by atoms with E-state index >= 15 is 0 Å². The molecule has 2 nitrogen and oxygen atoms in total. The van der Waals surface area contributed by atoms with Crippen molar-refractivity contribution in [1.29, 1.82) is 0 Å². The summed E-state index contributed by atoms with van der Waals surface area (Å²) < 4.78 is 5.78. The van der Waals surface area contributed by atoms with E-state index < -0.39 is 0 Å². The van der Waals surface area contributed by atoms with E-state index in [2.05, 4.69) is 140 Å². The molecular formula is C28H5BrO2. The Balaban J connectivity index is 2.44. The van der Waals surface area contributed by atoms with E-state index in [1.165, 1.54) is 12.1 Å². The van der Waals surface area contributed by atoms with Crippen molar-refractivity contribution in [3.8, 4) is 142 Å². The zero-order valence-corrected chi connectivity index (χ0v) is 17.1. The van der Waals surface area contributed by atoms with Gasteiger partial charge in [-0.15, -0.1) is 6.42 Å². The highest BCUT2D eigenvalue weighted by atomic mass is 79.9. The second kappa shape index (κ2) is 16.6. The molecule has 0 unspecified atom stereocenters. The summed E-state index contributed by atoms with van der Waals surface area (Å²) in [4.78, 5) is 0. The van der Waals surface area contributed by atoms with Crippen LogP contribution in [0.2, 0.25) is 0 Å². The van der Waals surface area contributed by atoms with Gasteiger partial charge in [0.1, 0.15) is 17.6 Å². The maximum absolute atomic E-state index is 9.41. The van der Waals surface area contributed by atoms with Gasteiger partial charge < -0.3 is 9.84 Å². The van der Waals surface area contributed by atoms with E-state index in [0.717, 1.165) is 0 Å². The van der Waals surface area contributed by atoms with Crippen LogP contribution in [-0.4, -0.2) is 5.11 Å². The predicted molar refractivity (Wildman–Crippen MR) is 123 cm³/mol. The van der Waals surface area contributed by atoms with Crippen LogP contribution in [0.1, 0.15) is 0 Å². The fourth-order valence-corrected chi connectivity index (χ4v) is 1.74. The monoisotopic (exact) mass is 452 g/mol. The minimum atomic E-state index is 0.0583. The lowest BCUT2D eigenvalue weighted by atomic mass is 10.3. The third-order valence-electron chi connectivity index (χ3n) is 2.27. The summed E-state index contributed by atoms with van der Waals surface area (Å²) in [6, 6.07) is 4.60. The molecule has 0 aromatic heterocycles. The molecule has 1 aromatic rings. The van der Waals surface area contributed by atoms with Crippen molar-refractivity contribution in [2.24, 2.45) is 0 Å². The second-order valence-electron chi connectivity index (χ2n) is 4.37. The Labute approximate surface area is 190 Å². The molecule has 0 radical (unpaired) electrons. The standard InChI is InChI=1S/C28H5BrO2/c1-2-3-4-5-6-7-8-9-10-11-12-13-14-15-16-17-18-19-20-21-22-31-28-24-26(29)23-27(30)25-28/h1,23-25,30H. The van der Waals surface area contributed by atoms with Crippen LogP contribution in [-0.2, 0) is 0 Å². The van der Waals surface area contributed by atoms with Gasteiger partial charge in [-0.3, -0.25) is 0 Å². The Hall–Kier alpha value is -5.54. The molecule has 1 rings (SSSR count). The molecule has 0 aliphatic rings. The first-order chi connectivity index (χ1) is 15.2. The number of phenolic OH excluding ortho intramolecular Hbond substituents is 1. The number of rotatable bonds is 1. The molecule has 3 heteroatoms. The summed E-state index contributed by atoms with van der Waals surface area (Å²) in [6.07, 6.45) is 7.30. The van der Waals surface area contributed by atoms with E-state index in [9.17, 15) is 5.11 Å². The molecule has 0 saturated carbocycles. The normalized spacial score (nSPS) is 5.68. The summed E-state index contributed by atoms with van der Waals surface area (Å²) in [5, 5.41) is 9.41. The average molecular weight is 453 g/mol. The van der Waals surface area contributed by atoms with Gasteiger partial charge in [0.2, 0.25) is 0 Å². The van der Waals surface area contributed by atoms with Gasteiger partial charge in [0, 0.05) is 81.6 Å². The van der Waals surface area contributed by atoms with E-state index in [-0.39, 0.29) is 5.75 Å². The Bertz CT molecular complexity index is 1510. The molecule has 31 heavy (non-hydrogen) atoms. The number of terminal acetylenes is 1. The van der Waals surface area contributed by atoms with Crippen molar-refractivity contribution in [2.45, 2.75) is 0 Å². The van der Waals surface area contributed by atoms with Crippen molar-refractivity contribution in [3.05, 3.63) is 22.7 Å². The van der Waals surface area contributed by atoms with Gasteiger partial charge in [-0.25, -0.2) is 0 Å². The fraction of sp³-hybridized carbons (Fsp3) is 0. The lowest BCUT2D eigenvalue weighted by Gasteiger charge is -1.98. The average Bonchev–Trinajstić information content (AvgIpc) is 2.74. The number of phenols is 1. The van der Waals surface area contributed by atoms with Gasteiger partial charge in [0.05, 0.1) is 0 Å². The topological polar surface area (TPSA) is 29.5 Å². The third kappa shape index (κ3) is 14.2. The number of aromatic hydroxyl groups is 1. The molecule has 0 atom stereocenters. The first-order valence-corrected chi connectivity index (χ1v) is 8.63. The van der Waals surface area contributed by atoms with Crippen molar-refractivity contribution in [1.82, 2.24) is 0 Å². The highest BCUT2D eigenvalue weighted by molar-refractivity contribution is 9.10. The second-order valence-corrected chi connectivity index (χ2v) is 5.28. The maximum Gasteiger partial charge on any atom is 0.145 e. The molecular weight excluding hydrogens is 448 g/mol. The quantitative estimate of drug-likeness (QED) is 0.661. The summed E-state index contributed by atoms with van der Waals surface area (Å²) in [5.74, 6) is 49.4. The SMILES string of the molecule is C#CC#CC#CC#CC#CC#CC#CC#CC#CC#CC#COc1cc(O)cc(Br)c1. The van der Waals surface area contributed by atoms with Crippen LogP contribution < -0.4 is 4.74 Å². The van der Waals surface area contributed by atoms with Gasteiger partial charge in [0.25, 0.3) is 0 Å². The first kappa shape index (κ1) is 23.5. The zero-order chi connectivity index (χ0) is 22.4. The van der Waals surface area contributed by atoms with Crippen LogP contribution in [0.4, 0.5) is 0 Å². The summed E-state index contributed by atoms with van der Waals surface area (Å²) in [7, 11) is 0. The molecule has 136 valence electrons. The number of hydrogen-bond donors (Lipinski definition) is 1. The molecule has 0 bridgehead atoms. The number of halogens is 1. The molecule has 0 heterocycles. The smallest absolute Gasteiger partial charge is 0.145 e. The predicted octanol–water partition coefficient (Wildman–Crippen LogP) is 2.16. The maximum atomic E-state index is 9.41.